The largest absolute Gasteiger partial charge is 0.349 e. The lowest BCUT2D eigenvalue weighted by atomic mass is 9.92. The Balaban J connectivity index is 2.80. The maximum Gasteiger partial charge on any atom is 0.285 e. The molecule has 0 saturated heterocycles. The van der Waals surface area contributed by atoms with E-state index < -0.39 is 5.97 Å². The van der Waals surface area contributed by atoms with E-state index in [1.807, 2.05) is 33.0 Å². The average Bonchev–Trinajstić information content (AvgIpc) is 2.78. The molecule has 0 aliphatic rings. The Hall–Kier alpha value is -1.36. The second-order valence-corrected chi connectivity index (χ2v) is 8.01. The van der Waals surface area contributed by atoms with Gasteiger partial charge in [-0.05, 0) is 58.4 Å². The van der Waals surface area contributed by atoms with Crippen LogP contribution < -0.4 is 4.90 Å². The molecule has 4 nitrogen and oxygen atoms in total. The minimum Gasteiger partial charge on any atom is -0.349 e. The van der Waals surface area contributed by atoms with E-state index in [1.54, 1.807) is 0 Å². The van der Waals surface area contributed by atoms with Gasteiger partial charge in [0, 0.05) is 38.0 Å². The van der Waals surface area contributed by atoms with E-state index in [0.717, 1.165) is 25.8 Å². The van der Waals surface area contributed by atoms with Crippen LogP contribution in [0.3, 0.4) is 0 Å². The first-order valence-corrected chi connectivity index (χ1v) is 12.5. The molecule has 1 aromatic carbocycles. The van der Waals surface area contributed by atoms with E-state index in [9.17, 15) is 0 Å². The zero-order valence-corrected chi connectivity index (χ0v) is 20.6. The molecule has 1 rings (SSSR count). The summed E-state index contributed by atoms with van der Waals surface area (Å²) in [6, 6.07) is 10.4. The fourth-order valence-corrected chi connectivity index (χ4v) is 4.20. The summed E-state index contributed by atoms with van der Waals surface area (Å²) in [5.41, 5.74) is 1.18. The maximum atomic E-state index is 6.16. The summed E-state index contributed by atoms with van der Waals surface area (Å²) in [6.45, 7) is 15.0. The highest BCUT2D eigenvalue weighted by atomic mass is 16.9. The fourth-order valence-electron chi connectivity index (χ4n) is 4.20. The van der Waals surface area contributed by atoms with Gasteiger partial charge in [-0.2, -0.15) is 0 Å². The number of anilines is 1. The molecule has 0 amide bonds. The van der Waals surface area contributed by atoms with Crippen LogP contribution in [-0.4, -0.2) is 32.3 Å². The van der Waals surface area contributed by atoms with Crippen molar-refractivity contribution in [1.29, 1.82) is 0 Å². The molecule has 1 atom stereocenters. The molecule has 0 aliphatic carbocycles. The summed E-state index contributed by atoms with van der Waals surface area (Å²) in [5.74, 6) is -0.728. The Kier molecular flexibility index (Phi) is 15.4. The molecule has 1 unspecified atom stereocenters. The highest BCUT2D eigenvalue weighted by molar-refractivity contribution is 5.48. The molecule has 0 fully saturated rings. The zero-order valence-electron chi connectivity index (χ0n) is 20.6. The van der Waals surface area contributed by atoms with Crippen molar-refractivity contribution in [2.24, 2.45) is 5.92 Å². The Morgan fingerprint density at radius 2 is 1.35 bits per heavy atom. The minimum absolute atomic E-state index is 0.209. The van der Waals surface area contributed by atoms with Gasteiger partial charge in [0.15, 0.2) is 0 Å². The molecule has 0 bridgehead atoms. The van der Waals surface area contributed by atoms with Gasteiger partial charge in [-0.15, -0.1) is 0 Å². The van der Waals surface area contributed by atoms with Gasteiger partial charge in [0.05, 0.1) is 0 Å². The summed E-state index contributed by atoms with van der Waals surface area (Å²) < 4.78 is 18.5. The number of rotatable bonds is 20. The number of nitrogens with zero attached hydrogens (tertiary/aromatic N) is 1. The SMILES string of the molecule is C=CN(CCCC(CCCCCCCC)C(OCC)(OCC)OCC)c1ccccc1. The van der Waals surface area contributed by atoms with E-state index in [1.165, 1.54) is 44.2 Å². The Morgan fingerprint density at radius 3 is 1.90 bits per heavy atom. The molecule has 1 aromatic rings. The minimum atomic E-state index is -0.937. The topological polar surface area (TPSA) is 30.9 Å². The van der Waals surface area contributed by atoms with Gasteiger partial charge in [0.25, 0.3) is 5.97 Å². The number of para-hydroxylation sites is 1. The normalized spacial score (nSPS) is 12.6. The van der Waals surface area contributed by atoms with Crippen molar-refractivity contribution in [2.75, 3.05) is 31.3 Å². The summed E-state index contributed by atoms with van der Waals surface area (Å²) >= 11 is 0. The quantitative estimate of drug-likeness (QED) is 0.157. The van der Waals surface area contributed by atoms with Gasteiger partial charge in [0.2, 0.25) is 0 Å². The highest BCUT2D eigenvalue weighted by Gasteiger charge is 2.41. The summed E-state index contributed by atoms with van der Waals surface area (Å²) in [6.07, 6.45) is 12.7. The van der Waals surface area contributed by atoms with E-state index in [4.69, 9.17) is 14.2 Å². The number of ether oxygens (including phenoxy) is 3. The third-order valence-corrected chi connectivity index (χ3v) is 5.70. The van der Waals surface area contributed by atoms with Gasteiger partial charge in [-0.1, -0.05) is 70.2 Å². The molecular formula is C27H47NO3. The zero-order chi connectivity index (χ0) is 22.8. The molecule has 0 spiro atoms. The third-order valence-electron chi connectivity index (χ3n) is 5.70. The van der Waals surface area contributed by atoms with E-state index in [-0.39, 0.29) is 5.92 Å². The number of hydrogen-bond acceptors (Lipinski definition) is 4. The van der Waals surface area contributed by atoms with Crippen molar-refractivity contribution in [3.05, 3.63) is 43.1 Å². The lowest BCUT2D eigenvalue weighted by molar-refractivity contribution is -0.403. The first kappa shape index (κ1) is 27.7. The van der Waals surface area contributed by atoms with Crippen LogP contribution in [0, 0.1) is 5.92 Å². The van der Waals surface area contributed by atoms with Crippen LogP contribution in [0.1, 0.15) is 85.5 Å². The number of unbranched alkanes of at least 4 members (excludes halogenated alkanes) is 5. The molecule has 0 heterocycles. The lowest BCUT2D eigenvalue weighted by Gasteiger charge is -2.39. The van der Waals surface area contributed by atoms with E-state index >= 15 is 0 Å². The van der Waals surface area contributed by atoms with Crippen LogP contribution in [0.25, 0.3) is 0 Å². The lowest BCUT2D eigenvalue weighted by Crippen LogP contribution is -2.47. The number of benzene rings is 1. The van der Waals surface area contributed by atoms with Crippen molar-refractivity contribution >= 4 is 5.69 Å². The Labute approximate surface area is 192 Å². The molecule has 0 aromatic heterocycles. The van der Waals surface area contributed by atoms with Crippen molar-refractivity contribution in [1.82, 2.24) is 0 Å². The predicted molar refractivity (Wildman–Crippen MR) is 132 cm³/mol. The van der Waals surface area contributed by atoms with Gasteiger partial charge < -0.3 is 19.1 Å². The van der Waals surface area contributed by atoms with Crippen molar-refractivity contribution in [3.8, 4) is 0 Å². The van der Waals surface area contributed by atoms with Crippen molar-refractivity contribution < 1.29 is 14.2 Å². The third kappa shape index (κ3) is 10.2. The van der Waals surface area contributed by atoms with Crippen LogP contribution in [0.5, 0.6) is 0 Å². The monoisotopic (exact) mass is 433 g/mol. The molecule has 0 saturated carbocycles. The second kappa shape index (κ2) is 17.2. The second-order valence-electron chi connectivity index (χ2n) is 8.01. The summed E-state index contributed by atoms with van der Waals surface area (Å²) in [5, 5.41) is 0. The molecular weight excluding hydrogens is 386 g/mol. The van der Waals surface area contributed by atoms with Gasteiger partial charge >= 0.3 is 0 Å². The van der Waals surface area contributed by atoms with Gasteiger partial charge in [0.1, 0.15) is 0 Å². The fraction of sp³-hybridized carbons (Fsp3) is 0.704. The van der Waals surface area contributed by atoms with Crippen LogP contribution in [0.4, 0.5) is 5.69 Å². The van der Waals surface area contributed by atoms with Crippen LogP contribution in [-0.2, 0) is 14.2 Å². The molecule has 0 radical (unpaired) electrons. The van der Waals surface area contributed by atoms with Gasteiger partial charge in [-0.25, -0.2) is 0 Å². The molecule has 31 heavy (non-hydrogen) atoms. The molecule has 4 heteroatoms. The smallest absolute Gasteiger partial charge is 0.285 e. The molecule has 0 aliphatic heterocycles. The van der Waals surface area contributed by atoms with Crippen molar-refractivity contribution in [3.63, 3.8) is 0 Å². The van der Waals surface area contributed by atoms with E-state index in [0.29, 0.717) is 19.8 Å². The van der Waals surface area contributed by atoms with Crippen LogP contribution in [0.15, 0.2) is 43.1 Å². The predicted octanol–water partition coefficient (Wildman–Crippen LogP) is 7.55. The summed E-state index contributed by atoms with van der Waals surface area (Å²) in [4.78, 5) is 2.21. The van der Waals surface area contributed by atoms with Crippen molar-refractivity contribution in [2.45, 2.75) is 91.5 Å². The summed E-state index contributed by atoms with van der Waals surface area (Å²) in [7, 11) is 0. The molecule has 178 valence electrons. The first-order valence-electron chi connectivity index (χ1n) is 12.5. The van der Waals surface area contributed by atoms with Crippen LogP contribution >= 0.6 is 0 Å². The molecule has 0 N–H and O–H groups in total. The standard InChI is InChI=1S/C27H47NO3/c1-6-11-12-13-14-16-20-25(27(29-8-3,30-9-4)31-10-5)21-19-24-28(7-2)26-22-17-15-18-23-26/h7,15,17-18,22-23,25H,2,6,8-14,16,19-21,24H2,1,3-5H3. The van der Waals surface area contributed by atoms with Gasteiger partial charge in [-0.3, -0.25) is 0 Å². The first-order chi connectivity index (χ1) is 15.2. The van der Waals surface area contributed by atoms with E-state index in [2.05, 4.69) is 42.7 Å². The average molecular weight is 434 g/mol. The maximum absolute atomic E-state index is 6.16. The number of hydrogen-bond donors (Lipinski definition) is 0. The highest BCUT2D eigenvalue weighted by Crippen LogP contribution is 2.34. The Morgan fingerprint density at radius 1 is 0.806 bits per heavy atom. The van der Waals surface area contributed by atoms with Crippen LogP contribution in [0.2, 0.25) is 0 Å². The Bertz CT molecular complexity index is 532.